The molecule has 110 valence electrons. The van der Waals surface area contributed by atoms with E-state index in [-0.39, 0.29) is 17.6 Å². The van der Waals surface area contributed by atoms with Crippen molar-refractivity contribution in [1.82, 2.24) is 9.88 Å². The minimum absolute atomic E-state index is 0.104. The third-order valence-corrected chi connectivity index (χ3v) is 5.34. The van der Waals surface area contributed by atoms with E-state index >= 15 is 0 Å². The van der Waals surface area contributed by atoms with E-state index in [9.17, 15) is 9.18 Å². The summed E-state index contributed by atoms with van der Waals surface area (Å²) in [6, 6.07) is 4.65. The summed E-state index contributed by atoms with van der Waals surface area (Å²) < 4.78 is 14.1. The van der Waals surface area contributed by atoms with Crippen molar-refractivity contribution in [2.24, 2.45) is 5.92 Å². The highest BCUT2D eigenvalue weighted by atomic mass is 32.1. The molecule has 0 bridgehead atoms. The zero-order valence-electron chi connectivity index (χ0n) is 11.6. The van der Waals surface area contributed by atoms with Crippen molar-refractivity contribution in [1.29, 1.82) is 0 Å². The Bertz CT molecular complexity index is 689. The van der Waals surface area contributed by atoms with Crippen molar-refractivity contribution >= 4 is 32.6 Å². The van der Waals surface area contributed by atoms with E-state index < -0.39 is 0 Å². The lowest BCUT2D eigenvalue weighted by Crippen LogP contribution is -2.54. The van der Waals surface area contributed by atoms with Gasteiger partial charge in [0.2, 0.25) is 5.91 Å². The minimum atomic E-state index is -0.233. The van der Waals surface area contributed by atoms with Crippen LogP contribution < -0.4 is 4.90 Å². The number of nitrogens with zero attached hydrogens (tertiary/aromatic N) is 3. The molecule has 1 aromatic carbocycles. The number of rotatable bonds is 2. The maximum absolute atomic E-state index is 13.2. The number of amides is 1. The summed E-state index contributed by atoms with van der Waals surface area (Å²) in [5.41, 5.74) is 0.825. The Morgan fingerprint density at radius 1 is 1.29 bits per heavy atom. The summed E-state index contributed by atoms with van der Waals surface area (Å²) in [7, 11) is 0. The quantitative estimate of drug-likeness (QED) is 0.855. The van der Waals surface area contributed by atoms with Gasteiger partial charge < -0.3 is 9.80 Å². The van der Waals surface area contributed by atoms with Gasteiger partial charge in [-0.05, 0) is 31.0 Å². The lowest BCUT2D eigenvalue weighted by atomic mass is 9.99. The van der Waals surface area contributed by atoms with Gasteiger partial charge in [0.05, 0.1) is 16.1 Å². The molecule has 4 nitrogen and oxygen atoms in total. The van der Waals surface area contributed by atoms with E-state index in [0.29, 0.717) is 0 Å². The third kappa shape index (κ3) is 2.27. The molecule has 3 heterocycles. The van der Waals surface area contributed by atoms with Crippen LogP contribution in [-0.2, 0) is 4.79 Å². The third-order valence-electron chi connectivity index (χ3n) is 4.26. The van der Waals surface area contributed by atoms with Gasteiger partial charge >= 0.3 is 0 Å². The average Bonchev–Trinajstić information content (AvgIpc) is 3.04. The lowest BCUT2D eigenvalue weighted by molar-refractivity contribution is -0.135. The summed E-state index contributed by atoms with van der Waals surface area (Å²) in [6.07, 6.45) is 2.26. The Labute approximate surface area is 126 Å². The molecule has 0 N–H and O–H groups in total. The molecule has 2 fully saturated rings. The van der Waals surface area contributed by atoms with Crippen molar-refractivity contribution in [2.45, 2.75) is 12.8 Å². The number of thiazole rings is 1. The van der Waals surface area contributed by atoms with Gasteiger partial charge in [0.15, 0.2) is 5.13 Å². The van der Waals surface area contributed by atoms with Crippen molar-refractivity contribution < 1.29 is 9.18 Å². The van der Waals surface area contributed by atoms with Crippen molar-refractivity contribution in [3.8, 4) is 0 Å². The van der Waals surface area contributed by atoms with E-state index in [1.165, 1.54) is 23.5 Å². The van der Waals surface area contributed by atoms with Crippen LogP contribution in [0.2, 0.25) is 0 Å². The Balaban J connectivity index is 1.45. The van der Waals surface area contributed by atoms with Gasteiger partial charge in [-0.2, -0.15) is 0 Å². The van der Waals surface area contributed by atoms with Crippen LogP contribution >= 0.6 is 11.3 Å². The molecule has 0 radical (unpaired) electrons. The zero-order chi connectivity index (χ0) is 14.4. The number of halogens is 1. The summed E-state index contributed by atoms with van der Waals surface area (Å²) in [5.74, 6) is 0.158. The molecular weight excluding hydrogens is 289 g/mol. The van der Waals surface area contributed by atoms with Crippen LogP contribution in [0.3, 0.4) is 0 Å². The smallest absolute Gasteiger partial charge is 0.229 e. The molecule has 2 aliphatic rings. The molecule has 2 saturated heterocycles. The van der Waals surface area contributed by atoms with E-state index in [0.717, 1.165) is 54.4 Å². The van der Waals surface area contributed by atoms with Crippen LogP contribution in [0.15, 0.2) is 18.2 Å². The molecule has 1 aromatic heterocycles. The molecule has 2 aliphatic heterocycles. The first-order valence-corrected chi connectivity index (χ1v) is 8.12. The van der Waals surface area contributed by atoms with E-state index in [2.05, 4.69) is 9.88 Å². The fourth-order valence-corrected chi connectivity index (χ4v) is 4.02. The van der Waals surface area contributed by atoms with Gasteiger partial charge in [-0.25, -0.2) is 9.37 Å². The van der Waals surface area contributed by atoms with Gasteiger partial charge in [0.1, 0.15) is 5.82 Å². The Morgan fingerprint density at radius 3 is 2.81 bits per heavy atom. The summed E-state index contributed by atoms with van der Waals surface area (Å²) in [5, 5.41) is 0.890. The standard InChI is InChI=1S/C15H16FN3OS/c16-11-3-4-12-13(7-11)21-15(17-12)19-8-10(9-19)14(20)18-5-1-2-6-18/h3-4,7,10H,1-2,5-6,8-9H2. The molecule has 0 spiro atoms. The van der Waals surface area contributed by atoms with Gasteiger partial charge in [-0.1, -0.05) is 11.3 Å². The SMILES string of the molecule is O=C(C1CN(c2nc3ccc(F)cc3s2)C1)N1CCCC1. The van der Waals surface area contributed by atoms with Crippen LogP contribution in [0.4, 0.5) is 9.52 Å². The average molecular weight is 305 g/mol. The number of benzene rings is 1. The molecule has 0 aliphatic carbocycles. The number of carbonyl (C=O) groups is 1. The van der Waals surface area contributed by atoms with Crippen molar-refractivity contribution in [3.05, 3.63) is 24.0 Å². The van der Waals surface area contributed by atoms with E-state index in [1.807, 2.05) is 4.90 Å². The Kier molecular flexibility index (Phi) is 3.06. The van der Waals surface area contributed by atoms with E-state index in [1.54, 1.807) is 6.07 Å². The number of hydrogen-bond acceptors (Lipinski definition) is 4. The number of carbonyl (C=O) groups excluding carboxylic acids is 1. The molecule has 6 heteroatoms. The lowest BCUT2D eigenvalue weighted by Gasteiger charge is -2.39. The maximum Gasteiger partial charge on any atom is 0.229 e. The second-order valence-electron chi connectivity index (χ2n) is 5.74. The number of aromatic nitrogens is 1. The van der Waals surface area contributed by atoms with Crippen LogP contribution in [-0.4, -0.2) is 42.0 Å². The monoisotopic (exact) mass is 305 g/mol. The number of likely N-dealkylation sites (tertiary alicyclic amines) is 1. The van der Waals surface area contributed by atoms with Gasteiger partial charge in [-0.15, -0.1) is 0 Å². The highest BCUT2D eigenvalue weighted by Crippen LogP contribution is 2.34. The molecular formula is C15H16FN3OS. The predicted octanol–water partition coefficient (Wildman–Crippen LogP) is 2.49. The Morgan fingerprint density at radius 2 is 2.05 bits per heavy atom. The highest BCUT2D eigenvalue weighted by Gasteiger charge is 2.37. The summed E-state index contributed by atoms with van der Waals surface area (Å²) in [4.78, 5) is 20.9. The molecule has 2 aromatic rings. The summed E-state index contributed by atoms with van der Waals surface area (Å²) in [6.45, 7) is 3.29. The highest BCUT2D eigenvalue weighted by molar-refractivity contribution is 7.22. The van der Waals surface area contributed by atoms with Gasteiger partial charge in [0.25, 0.3) is 0 Å². The number of anilines is 1. The summed E-state index contributed by atoms with van der Waals surface area (Å²) >= 11 is 1.49. The van der Waals surface area contributed by atoms with E-state index in [4.69, 9.17) is 0 Å². The van der Waals surface area contributed by atoms with Gasteiger partial charge in [-0.3, -0.25) is 4.79 Å². The van der Waals surface area contributed by atoms with Crippen LogP contribution in [0.1, 0.15) is 12.8 Å². The first-order chi connectivity index (χ1) is 10.2. The predicted molar refractivity (Wildman–Crippen MR) is 81.1 cm³/mol. The largest absolute Gasteiger partial charge is 0.346 e. The van der Waals surface area contributed by atoms with Gasteiger partial charge in [0, 0.05) is 26.2 Å². The molecule has 21 heavy (non-hydrogen) atoms. The number of hydrogen-bond donors (Lipinski definition) is 0. The van der Waals surface area contributed by atoms with Crippen LogP contribution in [0, 0.1) is 11.7 Å². The fourth-order valence-electron chi connectivity index (χ4n) is 3.01. The Hall–Kier alpha value is -1.69. The molecule has 1 amide bonds. The topological polar surface area (TPSA) is 36.4 Å². The van der Waals surface area contributed by atoms with Crippen molar-refractivity contribution in [3.63, 3.8) is 0 Å². The fraction of sp³-hybridized carbons (Fsp3) is 0.467. The second-order valence-corrected chi connectivity index (χ2v) is 6.75. The molecule has 4 rings (SSSR count). The first-order valence-electron chi connectivity index (χ1n) is 7.30. The molecule has 0 unspecified atom stereocenters. The minimum Gasteiger partial charge on any atom is -0.346 e. The normalized spacial score (nSPS) is 19.3. The van der Waals surface area contributed by atoms with Crippen LogP contribution in [0.25, 0.3) is 10.2 Å². The molecule has 0 saturated carbocycles. The maximum atomic E-state index is 13.2. The molecule has 0 atom stereocenters. The number of fused-ring (bicyclic) bond motifs is 1. The first kappa shape index (κ1) is 13.0. The zero-order valence-corrected chi connectivity index (χ0v) is 12.4. The van der Waals surface area contributed by atoms with Crippen molar-refractivity contribution in [2.75, 3.05) is 31.1 Å². The van der Waals surface area contributed by atoms with Crippen LogP contribution in [0.5, 0.6) is 0 Å². The second kappa shape index (κ2) is 4.94.